The molecular weight excluding hydrogens is 333 g/mol. The van der Waals surface area contributed by atoms with Gasteiger partial charge in [-0.25, -0.2) is 4.39 Å². The number of H-pyrrole nitrogens is 1. The van der Waals surface area contributed by atoms with Crippen molar-refractivity contribution in [3.8, 4) is 22.4 Å². The summed E-state index contributed by atoms with van der Waals surface area (Å²) in [7, 11) is 0. The van der Waals surface area contributed by atoms with E-state index in [4.69, 9.17) is 5.73 Å². The first-order valence-electron chi connectivity index (χ1n) is 6.42. The van der Waals surface area contributed by atoms with Gasteiger partial charge < -0.3 is 5.73 Å². The summed E-state index contributed by atoms with van der Waals surface area (Å²) < 4.78 is 14.4. The maximum Gasteiger partial charge on any atom is 0.153 e. The largest absolute Gasteiger partial charge is 0.382 e. The number of halogens is 2. The second kappa shape index (κ2) is 5.33. The van der Waals surface area contributed by atoms with Crippen LogP contribution in [0.15, 0.2) is 46.9 Å². The van der Waals surface area contributed by atoms with Crippen LogP contribution in [0.25, 0.3) is 22.4 Å². The summed E-state index contributed by atoms with van der Waals surface area (Å²) in [5.74, 6) is 0.0534. The molecule has 0 saturated carbocycles. The van der Waals surface area contributed by atoms with Crippen molar-refractivity contribution in [3.63, 3.8) is 0 Å². The molecule has 0 aliphatic carbocycles. The number of hydrogen-bond donors (Lipinski definition) is 2. The van der Waals surface area contributed by atoms with E-state index in [9.17, 15) is 4.39 Å². The third kappa shape index (κ3) is 2.69. The molecule has 1 aromatic heterocycles. The molecule has 3 nitrogen and oxygen atoms in total. The molecule has 2 aromatic carbocycles. The number of nitrogens with zero attached hydrogens (tertiary/aromatic N) is 1. The van der Waals surface area contributed by atoms with E-state index >= 15 is 0 Å². The Labute approximate surface area is 130 Å². The Bertz CT molecular complexity index is 791. The Morgan fingerprint density at radius 1 is 1.14 bits per heavy atom. The lowest BCUT2D eigenvalue weighted by molar-refractivity contribution is 0.628. The highest BCUT2D eigenvalue weighted by Gasteiger charge is 2.15. The standard InChI is InChI=1S/C16H13BrFN3/c1-9-5-11(7-12(17)6-9)15-14(16(19)21-20-15)10-3-2-4-13(18)8-10/h2-8H,1H3,(H3,19,20,21). The predicted octanol–water partition coefficient (Wildman–Crippen LogP) is 4.54. The fourth-order valence-electron chi connectivity index (χ4n) is 2.38. The zero-order valence-electron chi connectivity index (χ0n) is 11.3. The van der Waals surface area contributed by atoms with Crippen molar-refractivity contribution in [1.82, 2.24) is 10.2 Å². The van der Waals surface area contributed by atoms with Crippen LogP contribution in [0.4, 0.5) is 10.2 Å². The molecule has 3 N–H and O–H groups in total. The summed E-state index contributed by atoms with van der Waals surface area (Å²) in [4.78, 5) is 0. The number of aromatic nitrogens is 2. The van der Waals surface area contributed by atoms with E-state index in [1.807, 2.05) is 31.2 Å². The van der Waals surface area contributed by atoms with Gasteiger partial charge in [0.2, 0.25) is 0 Å². The maximum atomic E-state index is 13.5. The van der Waals surface area contributed by atoms with E-state index in [0.717, 1.165) is 21.3 Å². The van der Waals surface area contributed by atoms with Gasteiger partial charge in [0.1, 0.15) is 5.82 Å². The highest BCUT2D eigenvalue weighted by Crippen LogP contribution is 2.36. The lowest BCUT2D eigenvalue weighted by Gasteiger charge is -2.07. The van der Waals surface area contributed by atoms with Gasteiger partial charge in [0.15, 0.2) is 5.82 Å². The average Bonchev–Trinajstić information content (AvgIpc) is 2.79. The number of rotatable bonds is 2. The fourth-order valence-corrected chi connectivity index (χ4v) is 2.99. The Hall–Kier alpha value is -2.14. The highest BCUT2D eigenvalue weighted by molar-refractivity contribution is 9.10. The van der Waals surface area contributed by atoms with E-state index in [-0.39, 0.29) is 5.82 Å². The van der Waals surface area contributed by atoms with Crippen molar-refractivity contribution in [1.29, 1.82) is 0 Å². The Morgan fingerprint density at radius 2 is 1.95 bits per heavy atom. The third-order valence-electron chi connectivity index (χ3n) is 3.24. The predicted molar refractivity (Wildman–Crippen MR) is 86.3 cm³/mol. The minimum absolute atomic E-state index is 0.301. The van der Waals surface area contributed by atoms with Gasteiger partial charge >= 0.3 is 0 Å². The van der Waals surface area contributed by atoms with Gasteiger partial charge in [-0.1, -0.05) is 28.1 Å². The smallest absolute Gasteiger partial charge is 0.153 e. The second-order valence-corrected chi connectivity index (χ2v) is 5.80. The van der Waals surface area contributed by atoms with Crippen LogP contribution in [-0.4, -0.2) is 10.2 Å². The number of hydrogen-bond acceptors (Lipinski definition) is 2. The van der Waals surface area contributed by atoms with Gasteiger partial charge in [-0.3, -0.25) is 5.10 Å². The van der Waals surface area contributed by atoms with Crippen LogP contribution in [0, 0.1) is 12.7 Å². The van der Waals surface area contributed by atoms with Gasteiger partial charge in [0.05, 0.1) is 11.3 Å². The van der Waals surface area contributed by atoms with Crippen molar-refractivity contribution >= 4 is 21.7 Å². The van der Waals surface area contributed by atoms with Gasteiger partial charge in [0, 0.05) is 10.0 Å². The molecule has 0 radical (unpaired) electrons. The monoisotopic (exact) mass is 345 g/mol. The van der Waals surface area contributed by atoms with Crippen molar-refractivity contribution in [2.45, 2.75) is 6.92 Å². The molecule has 0 fully saturated rings. The summed E-state index contributed by atoms with van der Waals surface area (Å²) in [6, 6.07) is 12.4. The lowest BCUT2D eigenvalue weighted by Crippen LogP contribution is -1.90. The molecule has 21 heavy (non-hydrogen) atoms. The molecule has 0 unspecified atom stereocenters. The number of aryl methyl sites for hydroxylation is 1. The topological polar surface area (TPSA) is 54.7 Å². The molecule has 0 saturated heterocycles. The molecule has 0 aliphatic heterocycles. The quantitative estimate of drug-likeness (QED) is 0.716. The molecule has 0 bridgehead atoms. The van der Waals surface area contributed by atoms with Crippen LogP contribution in [0.1, 0.15) is 5.56 Å². The number of nitrogen functional groups attached to an aromatic ring is 1. The van der Waals surface area contributed by atoms with E-state index < -0.39 is 0 Å². The van der Waals surface area contributed by atoms with Crippen LogP contribution in [0.3, 0.4) is 0 Å². The first-order chi connectivity index (χ1) is 10.0. The van der Waals surface area contributed by atoms with E-state index in [0.29, 0.717) is 16.9 Å². The number of anilines is 1. The van der Waals surface area contributed by atoms with Crippen molar-refractivity contribution < 1.29 is 4.39 Å². The normalized spacial score (nSPS) is 10.8. The van der Waals surface area contributed by atoms with Gasteiger partial charge in [-0.2, -0.15) is 5.10 Å². The molecule has 1 heterocycles. The minimum Gasteiger partial charge on any atom is -0.382 e. The van der Waals surface area contributed by atoms with Crippen LogP contribution in [-0.2, 0) is 0 Å². The van der Waals surface area contributed by atoms with Gasteiger partial charge in [-0.15, -0.1) is 0 Å². The zero-order valence-corrected chi connectivity index (χ0v) is 12.9. The Balaban J connectivity index is 2.21. The Morgan fingerprint density at radius 3 is 2.67 bits per heavy atom. The van der Waals surface area contributed by atoms with Crippen LogP contribution >= 0.6 is 15.9 Å². The maximum absolute atomic E-state index is 13.5. The molecule has 0 spiro atoms. The highest BCUT2D eigenvalue weighted by atomic mass is 79.9. The zero-order chi connectivity index (χ0) is 15.0. The summed E-state index contributed by atoms with van der Waals surface area (Å²) in [5, 5.41) is 7.02. The molecular formula is C16H13BrFN3. The molecule has 3 aromatic rings. The molecule has 0 atom stereocenters. The fraction of sp³-hybridized carbons (Fsp3) is 0.0625. The average molecular weight is 346 g/mol. The number of benzene rings is 2. The number of nitrogens with two attached hydrogens (primary N) is 1. The SMILES string of the molecule is Cc1cc(Br)cc(-c2[nH]nc(N)c2-c2cccc(F)c2)c1. The Kier molecular flexibility index (Phi) is 3.51. The summed E-state index contributed by atoms with van der Waals surface area (Å²) in [6.07, 6.45) is 0. The van der Waals surface area contributed by atoms with Crippen molar-refractivity contribution in [3.05, 3.63) is 58.3 Å². The third-order valence-corrected chi connectivity index (χ3v) is 3.70. The van der Waals surface area contributed by atoms with Crippen LogP contribution < -0.4 is 5.73 Å². The lowest BCUT2D eigenvalue weighted by atomic mass is 10.00. The second-order valence-electron chi connectivity index (χ2n) is 4.89. The molecule has 3 rings (SSSR count). The number of nitrogens with one attached hydrogen (secondary N) is 1. The van der Waals surface area contributed by atoms with Gasteiger partial charge in [-0.05, 0) is 48.4 Å². The first kappa shape index (κ1) is 13.8. The molecule has 5 heteroatoms. The van der Waals surface area contributed by atoms with E-state index in [1.54, 1.807) is 6.07 Å². The van der Waals surface area contributed by atoms with Crippen LogP contribution in [0.2, 0.25) is 0 Å². The molecule has 106 valence electrons. The summed E-state index contributed by atoms with van der Waals surface area (Å²) in [5.41, 5.74) is 10.2. The summed E-state index contributed by atoms with van der Waals surface area (Å²) >= 11 is 3.48. The van der Waals surface area contributed by atoms with E-state index in [1.165, 1.54) is 12.1 Å². The van der Waals surface area contributed by atoms with E-state index in [2.05, 4.69) is 26.1 Å². The summed E-state index contributed by atoms with van der Waals surface area (Å²) in [6.45, 7) is 2.01. The molecule has 0 amide bonds. The van der Waals surface area contributed by atoms with Crippen LogP contribution in [0.5, 0.6) is 0 Å². The van der Waals surface area contributed by atoms with Crippen molar-refractivity contribution in [2.75, 3.05) is 5.73 Å². The molecule has 0 aliphatic rings. The minimum atomic E-state index is -0.301. The van der Waals surface area contributed by atoms with Crippen molar-refractivity contribution in [2.24, 2.45) is 0 Å². The number of aromatic amines is 1. The van der Waals surface area contributed by atoms with Gasteiger partial charge in [0.25, 0.3) is 0 Å². The first-order valence-corrected chi connectivity index (χ1v) is 7.21.